The summed E-state index contributed by atoms with van der Waals surface area (Å²) in [6, 6.07) is 9.63. The van der Waals surface area contributed by atoms with Crippen LogP contribution in [0.5, 0.6) is 0 Å². The van der Waals surface area contributed by atoms with Crippen LogP contribution in [0.15, 0.2) is 30.3 Å². The molecule has 17 heavy (non-hydrogen) atoms. The van der Waals surface area contributed by atoms with Crippen molar-refractivity contribution in [1.29, 1.82) is 0 Å². The highest BCUT2D eigenvalue weighted by atomic mass is 16.7. The van der Waals surface area contributed by atoms with E-state index in [1.165, 1.54) is 12.8 Å². The Morgan fingerprint density at radius 3 is 2.65 bits per heavy atom. The molecule has 1 aliphatic rings. The Morgan fingerprint density at radius 1 is 1.24 bits per heavy atom. The number of hydrogen-bond donors (Lipinski definition) is 2. The molecule has 0 bridgehead atoms. The van der Waals surface area contributed by atoms with Gasteiger partial charge >= 0.3 is 0 Å². The molecule has 0 heterocycles. The molecule has 0 unspecified atom stereocenters. The maximum absolute atomic E-state index is 11.5. The van der Waals surface area contributed by atoms with Crippen LogP contribution < -0.4 is 10.8 Å². The van der Waals surface area contributed by atoms with Crippen molar-refractivity contribution >= 4 is 11.6 Å². The standard InChI is InChI=1S/C13H18N2O2/c16-13(15-17-12-8-4-5-9-12)10-14-11-6-2-1-3-7-11/h1-3,6-7,12,14H,4-5,8-10H2,(H,15,16). The normalized spacial score (nSPS) is 15.8. The smallest absolute Gasteiger partial charge is 0.262 e. The first kappa shape index (κ1) is 11.9. The van der Waals surface area contributed by atoms with Gasteiger partial charge in [0.2, 0.25) is 0 Å². The Balaban J connectivity index is 1.64. The van der Waals surface area contributed by atoms with Crippen LogP contribution in [0.4, 0.5) is 5.69 Å². The fourth-order valence-electron chi connectivity index (χ4n) is 1.93. The molecule has 2 rings (SSSR count). The lowest BCUT2D eigenvalue weighted by Gasteiger charge is -2.12. The van der Waals surface area contributed by atoms with Crippen LogP contribution in [0.2, 0.25) is 0 Å². The predicted octanol–water partition coefficient (Wildman–Crippen LogP) is 2.09. The van der Waals surface area contributed by atoms with Crippen molar-refractivity contribution in [2.75, 3.05) is 11.9 Å². The van der Waals surface area contributed by atoms with Crippen molar-refractivity contribution in [2.24, 2.45) is 0 Å². The summed E-state index contributed by atoms with van der Waals surface area (Å²) in [5.74, 6) is -0.138. The van der Waals surface area contributed by atoms with E-state index in [0.717, 1.165) is 18.5 Å². The average Bonchev–Trinajstić information content (AvgIpc) is 2.88. The molecule has 4 nitrogen and oxygen atoms in total. The van der Waals surface area contributed by atoms with Gasteiger partial charge in [-0.2, -0.15) is 0 Å². The fourth-order valence-corrected chi connectivity index (χ4v) is 1.93. The Labute approximate surface area is 101 Å². The Bertz CT molecular complexity index is 348. The minimum Gasteiger partial charge on any atom is -0.376 e. The maximum atomic E-state index is 11.5. The molecule has 1 amide bonds. The first-order chi connectivity index (χ1) is 8.34. The number of benzene rings is 1. The molecule has 92 valence electrons. The number of carbonyl (C=O) groups is 1. The molecule has 1 aliphatic carbocycles. The molecule has 1 fully saturated rings. The van der Waals surface area contributed by atoms with Crippen LogP contribution in [-0.2, 0) is 9.63 Å². The third-order valence-electron chi connectivity index (χ3n) is 2.87. The summed E-state index contributed by atoms with van der Waals surface area (Å²) in [6.07, 6.45) is 4.69. The van der Waals surface area contributed by atoms with E-state index in [2.05, 4.69) is 10.8 Å². The van der Waals surface area contributed by atoms with Crippen LogP contribution in [0.25, 0.3) is 0 Å². The van der Waals surface area contributed by atoms with Crippen molar-refractivity contribution in [3.63, 3.8) is 0 Å². The van der Waals surface area contributed by atoms with E-state index in [0.29, 0.717) is 0 Å². The quantitative estimate of drug-likeness (QED) is 0.767. The molecular formula is C13H18N2O2. The Morgan fingerprint density at radius 2 is 1.94 bits per heavy atom. The summed E-state index contributed by atoms with van der Waals surface area (Å²) in [5.41, 5.74) is 3.43. The average molecular weight is 234 g/mol. The second-order valence-corrected chi connectivity index (χ2v) is 4.27. The van der Waals surface area contributed by atoms with E-state index in [9.17, 15) is 4.79 Å². The zero-order valence-corrected chi connectivity index (χ0v) is 9.82. The summed E-state index contributed by atoms with van der Waals surface area (Å²) in [6.45, 7) is 0.233. The van der Waals surface area contributed by atoms with Gasteiger partial charge in [-0.25, -0.2) is 5.48 Å². The molecule has 4 heteroatoms. The molecule has 0 atom stereocenters. The zero-order valence-electron chi connectivity index (χ0n) is 9.82. The summed E-state index contributed by atoms with van der Waals surface area (Å²) in [5, 5.41) is 3.03. The van der Waals surface area contributed by atoms with Gasteiger partial charge in [-0.05, 0) is 25.0 Å². The molecule has 1 saturated carbocycles. The lowest BCUT2D eigenvalue weighted by molar-refractivity contribution is -0.136. The van der Waals surface area contributed by atoms with Gasteiger partial charge in [-0.3, -0.25) is 9.63 Å². The van der Waals surface area contributed by atoms with Gasteiger partial charge in [0, 0.05) is 5.69 Å². The number of carbonyl (C=O) groups excluding carboxylic acids is 1. The number of amides is 1. The van der Waals surface area contributed by atoms with Gasteiger partial charge < -0.3 is 5.32 Å². The lowest BCUT2D eigenvalue weighted by atomic mass is 10.3. The molecule has 0 aliphatic heterocycles. The number of hydroxylamine groups is 1. The molecule has 1 aromatic rings. The van der Waals surface area contributed by atoms with Gasteiger partial charge in [0.05, 0.1) is 12.6 Å². The number of rotatable bonds is 5. The van der Waals surface area contributed by atoms with Crippen LogP contribution >= 0.6 is 0 Å². The Kier molecular flexibility index (Phi) is 4.38. The van der Waals surface area contributed by atoms with Crippen molar-refractivity contribution in [3.8, 4) is 0 Å². The van der Waals surface area contributed by atoms with Gasteiger partial charge in [0.15, 0.2) is 0 Å². The molecule has 0 spiro atoms. The van der Waals surface area contributed by atoms with Crippen molar-refractivity contribution in [2.45, 2.75) is 31.8 Å². The summed E-state index contributed by atoms with van der Waals surface area (Å²) < 4.78 is 0. The third kappa shape index (κ3) is 4.07. The number of hydrogen-bond acceptors (Lipinski definition) is 3. The highest BCUT2D eigenvalue weighted by Gasteiger charge is 2.16. The van der Waals surface area contributed by atoms with Gasteiger partial charge in [0.25, 0.3) is 5.91 Å². The molecule has 2 N–H and O–H groups in total. The van der Waals surface area contributed by atoms with E-state index >= 15 is 0 Å². The molecule has 1 aromatic carbocycles. The first-order valence-corrected chi connectivity index (χ1v) is 6.08. The first-order valence-electron chi connectivity index (χ1n) is 6.08. The van der Waals surface area contributed by atoms with Crippen LogP contribution in [-0.4, -0.2) is 18.6 Å². The summed E-state index contributed by atoms with van der Waals surface area (Å²) in [7, 11) is 0. The minimum absolute atomic E-state index is 0.138. The topological polar surface area (TPSA) is 50.4 Å². The van der Waals surface area contributed by atoms with Gasteiger partial charge in [-0.1, -0.05) is 31.0 Å². The van der Waals surface area contributed by atoms with Crippen molar-refractivity contribution < 1.29 is 9.63 Å². The highest BCUT2D eigenvalue weighted by molar-refractivity contribution is 5.79. The van der Waals surface area contributed by atoms with Crippen molar-refractivity contribution in [3.05, 3.63) is 30.3 Å². The lowest BCUT2D eigenvalue weighted by Crippen LogP contribution is -2.32. The highest BCUT2D eigenvalue weighted by Crippen LogP contribution is 2.19. The van der Waals surface area contributed by atoms with E-state index in [4.69, 9.17) is 4.84 Å². The van der Waals surface area contributed by atoms with E-state index < -0.39 is 0 Å². The maximum Gasteiger partial charge on any atom is 0.262 e. The Hall–Kier alpha value is -1.55. The van der Waals surface area contributed by atoms with E-state index in [1.807, 2.05) is 30.3 Å². The number of nitrogens with one attached hydrogen (secondary N) is 2. The van der Waals surface area contributed by atoms with E-state index in [-0.39, 0.29) is 18.6 Å². The number of anilines is 1. The molecule has 0 aromatic heterocycles. The van der Waals surface area contributed by atoms with E-state index in [1.54, 1.807) is 0 Å². The third-order valence-corrected chi connectivity index (χ3v) is 2.87. The van der Waals surface area contributed by atoms with Crippen molar-refractivity contribution in [1.82, 2.24) is 5.48 Å². The largest absolute Gasteiger partial charge is 0.376 e. The number of para-hydroxylation sites is 1. The van der Waals surface area contributed by atoms with Gasteiger partial charge in [-0.15, -0.1) is 0 Å². The predicted molar refractivity (Wildman–Crippen MR) is 66.4 cm³/mol. The summed E-state index contributed by atoms with van der Waals surface area (Å²) in [4.78, 5) is 16.8. The van der Waals surface area contributed by atoms with Crippen LogP contribution in [0, 0.1) is 0 Å². The second-order valence-electron chi connectivity index (χ2n) is 4.27. The van der Waals surface area contributed by atoms with Crippen LogP contribution in [0.1, 0.15) is 25.7 Å². The minimum atomic E-state index is -0.138. The monoisotopic (exact) mass is 234 g/mol. The SMILES string of the molecule is O=C(CNc1ccccc1)NOC1CCCC1. The van der Waals surface area contributed by atoms with Crippen LogP contribution in [0.3, 0.4) is 0 Å². The fraction of sp³-hybridized carbons (Fsp3) is 0.462. The summed E-state index contributed by atoms with van der Waals surface area (Å²) >= 11 is 0. The molecule has 0 saturated heterocycles. The molecular weight excluding hydrogens is 216 g/mol. The molecule has 0 radical (unpaired) electrons. The van der Waals surface area contributed by atoms with Gasteiger partial charge in [0.1, 0.15) is 0 Å². The zero-order chi connectivity index (χ0) is 11.9. The second kappa shape index (κ2) is 6.25.